The molecule has 132 valence electrons. The highest BCUT2D eigenvalue weighted by Crippen LogP contribution is 2.33. The van der Waals surface area contributed by atoms with Crippen LogP contribution < -0.4 is 27.3 Å². The molecule has 1 heterocycles. The van der Waals surface area contributed by atoms with Gasteiger partial charge >= 0.3 is 0 Å². The molecule has 0 amide bonds. The number of hydrogen-bond acceptors (Lipinski definition) is 1. The Morgan fingerprint density at radius 3 is 2.07 bits per heavy atom. The highest BCUT2D eigenvalue weighted by Gasteiger charge is 2.20. The van der Waals surface area contributed by atoms with Crippen LogP contribution in [0.15, 0.2) is 46.9 Å². The molecule has 1 aromatic heterocycles. The number of aromatic nitrogens is 2. The zero-order valence-electron chi connectivity index (χ0n) is 16.7. The predicted molar refractivity (Wildman–Crippen MR) is 140 cm³/mol. The van der Waals surface area contributed by atoms with Crippen LogP contribution in [0.25, 0.3) is 27.8 Å². The predicted octanol–water partition coefficient (Wildman–Crippen LogP) is -2.60. The van der Waals surface area contributed by atoms with E-state index < -0.39 is 0 Å². The van der Waals surface area contributed by atoms with Gasteiger partial charge in [0.2, 0.25) is 0 Å². The first kappa shape index (κ1) is 19.5. The maximum atomic E-state index is 6.61. The van der Waals surface area contributed by atoms with Gasteiger partial charge in [-0.2, -0.15) is 5.10 Å². The lowest BCUT2D eigenvalue weighted by Crippen LogP contribution is -2.55. The number of para-hydroxylation sites is 1. The molecule has 0 unspecified atom stereocenters. The maximum Gasteiger partial charge on any atom is 0.139 e. The maximum absolute atomic E-state index is 6.61. The van der Waals surface area contributed by atoms with Crippen molar-refractivity contribution in [3.63, 3.8) is 0 Å². The summed E-state index contributed by atoms with van der Waals surface area (Å²) in [6, 6.07) is 14.3. The molecule has 3 aromatic carbocycles. The first-order valence-corrected chi connectivity index (χ1v) is 10.5. The molecule has 4 rings (SSSR count). The summed E-state index contributed by atoms with van der Waals surface area (Å²) in [6.45, 7) is 0. The van der Waals surface area contributed by atoms with Crippen molar-refractivity contribution in [3.8, 4) is 16.9 Å². The van der Waals surface area contributed by atoms with Crippen LogP contribution >= 0.6 is 27.5 Å². The second kappa shape index (κ2) is 7.24. The normalized spacial score (nSPS) is 11.2. The molecule has 0 aliphatic heterocycles. The van der Waals surface area contributed by atoms with Crippen LogP contribution in [0.4, 0.5) is 0 Å². The summed E-state index contributed by atoms with van der Waals surface area (Å²) >= 11 is 10.1. The van der Waals surface area contributed by atoms with Crippen LogP contribution in [0.3, 0.4) is 0 Å². The monoisotopic (exact) mass is 442 g/mol. The molecule has 0 radical (unpaired) electrons. The van der Waals surface area contributed by atoms with Gasteiger partial charge in [-0.05, 0) is 39.7 Å². The van der Waals surface area contributed by atoms with Crippen molar-refractivity contribution in [2.24, 2.45) is 0 Å². The SMILES string of the molecule is Bc1c(B)c(B)c(-c2nn(-c3cccc(Br)c3Cl)c3ccccc23)c(B)c1B. The molecule has 0 atom stereocenters. The molecular weight excluding hydrogens is 426 g/mol. The van der Waals surface area contributed by atoms with E-state index >= 15 is 0 Å². The van der Waals surface area contributed by atoms with Crippen LogP contribution in [0, 0.1) is 0 Å². The van der Waals surface area contributed by atoms with E-state index in [1.165, 1.54) is 32.9 Å². The molecule has 4 aromatic rings. The summed E-state index contributed by atoms with van der Waals surface area (Å²) in [4.78, 5) is 0. The molecule has 9 heteroatoms. The van der Waals surface area contributed by atoms with Gasteiger partial charge in [0.15, 0.2) is 0 Å². The standard InChI is InChI=1S/C19H17B5BrClN2/c20-13-12(14(21)16(23)17(24)15(13)22)19-8-4-1-2-6-10(8)28(27-19)11-7-3-5-9(25)18(11)26/h1-7H,20-24H2. The van der Waals surface area contributed by atoms with E-state index in [1.54, 1.807) is 0 Å². The van der Waals surface area contributed by atoms with Gasteiger partial charge in [0.05, 0.1) is 21.9 Å². The summed E-state index contributed by atoms with van der Waals surface area (Å²) < 4.78 is 2.82. The molecule has 0 N–H and O–H groups in total. The van der Waals surface area contributed by atoms with E-state index in [0.717, 1.165) is 26.8 Å². The third-order valence-electron chi connectivity index (χ3n) is 5.98. The van der Waals surface area contributed by atoms with Crippen LogP contribution in [0.5, 0.6) is 0 Å². The van der Waals surface area contributed by atoms with Crippen molar-refractivity contribution >= 4 is 105 Å². The Hall–Kier alpha value is -1.78. The van der Waals surface area contributed by atoms with Gasteiger partial charge < -0.3 is 0 Å². The summed E-state index contributed by atoms with van der Waals surface area (Å²) in [7, 11) is 11.0. The molecule has 0 saturated carbocycles. The molecule has 28 heavy (non-hydrogen) atoms. The molecule has 0 aliphatic carbocycles. The quantitative estimate of drug-likeness (QED) is 0.311. The molecular formula is C19H17B5BrClN2. The van der Waals surface area contributed by atoms with Gasteiger partial charge in [0.1, 0.15) is 39.2 Å². The Balaban J connectivity index is 2.11. The van der Waals surface area contributed by atoms with Gasteiger partial charge in [-0.3, -0.25) is 0 Å². The number of halogens is 2. The Kier molecular flexibility index (Phi) is 5.05. The minimum atomic E-state index is 0.659. The van der Waals surface area contributed by atoms with Crippen molar-refractivity contribution < 1.29 is 0 Å². The van der Waals surface area contributed by atoms with Crippen LogP contribution in [-0.4, -0.2) is 49.0 Å². The smallest absolute Gasteiger partial charge is 0.139 e. The first-order chi connectivity index (χ1) is 13.3. The fourth-order valence-electron chi connectivity index (χ4n) is 3.95. The molecule has 0 spiro atoms. The fourth-order valence-corrected chi connectivity index (χ4v) is 4.51. The lowest BCUT2D eigenvalue weighted by molar-refractivity contribution is 0.915. The van der Waals surface area contributed by atoms with Crippen LogP contribution in [-0.2, 0) is 0 Å². The number of hydrogen-bond donors (Lipinski definition) is 0. The number of benzene rings is 3. The first-order valence-electron chi connectivity index (χ1n) is 9.32. The molecule has 0 fully saturated rings. The number of nitrogens with zero attached hydrogens (tertiary/aromatic N) is 2. The van der Waals surface area contributed by atoms with Gasteiger partial charge in [0, 0.05) is 9.86 Å². The highest BCUT2D eigenvalue weighted by molar-refractivity contribution is 9.10. The summed E-state index contributed by atoms with van der Waals surface area (Å²) in [5.74, 6) is 0. The minimum absolute atomic E-state index is 0.659. The summed E-state index contributed by atoms with van der Waals surface area (Å²) in [5, 5.41) is 6.87. The lowest BCUT2D eigenvalue weighted by Gasteiger charge is -2.19. The van der Waals surface area contributed by atoms with Gasteiger partial charge in [0.25, 0.3) is 0 Å². The van der Waals surface area contributed by atoms with Gasteiger partial charge in [-0.15, -0.1) is 16.4 Å². The number of fused-ring (bicyclic) bond motifs is 1. The Labute approximate surface area is 183 Å². The molecule has 0 saturated heterocycles. The molecule has 0 bridgehead atoms. The fraction of sp³-hybridized carbons (Fsp3) is 0. The third-order valence-corrected chi connectivity index (χ3v) is 7.27. The largest absolute Gasteiger partial charge is 0.231 e. The lowest BCUT2D eigenvalue weighted by atomic mass is 9.60. The van der Waals surface area contributed by atoms with Crippen LogP contribution in [0.2, 0.25) is 5.02 Å². The van der Waals surface area contributed by atoms with E-state index in [0.29, 0.717) is 5.02 Å². The molecule has 2 nitrogen and oxygen atoms in total. The summed E-state index contributed by atoms with van der Waals surface area (Å²) in [5.41, 5.74) is 10.7. The van der Waals surface area contributed by atoms with E-state index in [9.17, 15) is 0 Å². The van der Waals surface area contributed by atoms with Crippen molar-refractivity contribution in [1.82, 2.24) is 9.78 Å². The Morgan fingerprint density at radius 2 is 1.39 bits per heavy atom. The van der Waals surface area contributed by atoms with Crippen molar-refractivity contribution in [2.75, 3.05) is 0 Å². The average molecular weight is 443 g/mol. The second-order valence-corrected chi connectivity index (χ2v) is 8.58. The zero-order chi connectivity index (χ0) is 20.2. The van der Waals surface area contributed by atoms with Crippen molar-refractivity contribution in [3.05, 3.63) is 52.0 Å². The zero-order valence-corrected chi connectivity index (χ0v) is 19.0. The van der Waals surface area contributed by atoms with Crippen LogP contribution in [0.1, 0.15) is 0 Å². The van der Waals surface area contributed by atoms with Gasteiger partial charge in [-0.1, -0.05) is 46.8 Å². The average Bonchev–Trinajstić information content (AvgIpc) is 3.06. The molecule has 0 aliphatic rings. The van der Waals surface area contributed by atoms with Crippen molar-refractivity contribution in [2.45, 2.75) is 0 Å². The minimum Gasteiger partial charge on any atom is -0.231 e. The topological polar surface area (TPSA) is 17.8 Å². The number of rotatable bonds is 2. The van der Waals surface area contributed by atoms with Gasteiger partial charge in [-0.25, -0.2) is 4.68 Å². The third kappa shape index (κ3) is 2.89. The second-order valence-electron chi connectivity index (χ2n) is 7.35. The van der Waals surface area contributed by atoms with E-state index in [1.807, 2.05) is 28.9 Å². The highest BCUT2D eigenvalue weighted by atomic mass is 79.9. The Morgan fingerprint density at radius 1 is 0.786 bits per heavy atom. The Bertz CT molecular complexity index is 1230. The van der Waals surface area contributed by atoms with E-state index in [2.05, 4.69) is 73.4 Å². The van der Waals surface area contributed by atoms with E-state index in [4.69, 9.17) is 16.7 Å². The van der Waals surface area contributed by atoms with Crippen molar-refractivity contribution in [1.29, 1.82) is 0 Å². The summed E-state index contributed by atoms with van der Waals surface area (Å²) in [6.07, 6.45) is 0. The van der Waals surface area contributed by atoms with E-state index in [-0.39, 0.29) is 0 Å².